The average molecular weight is 183 g/mol. The van der Waals surface area contributed by atoms with Crippen molar-refractivity contribution in [2.24, 2.45) is 0 Å². The van der Waals surface area contributed by atoms with Crippen LogP contribution in [0, 0.1) is 5.82 Å². The Morgan fingerprint density at radius 1 is 1.38 bits per heavy atom. The number of nitrogens with zero attached hydrogens (tertiary/aromatic N) is 1. The summed E-state index contributed by atoms with van der Waals surface area (Å²) < 4.78 is 13.6. The normalized spacial score (nSPS) is 13.4. The maximum Gasteiger partial charge on any atom is 0.150 e. The van der Waals surface area contributed by atoms with E-state index < -0.39 is 6.10 Å². The molecular weight excluding hydrogens is 169 g/mol. The van der Waals surface area contributed by atoms with Crippen LogP contribution >= 0.6 is 0 Å². The second-order valence-corrected chi connectivity index (χ2v) is 3.43. The van der Waals surface area contributed by atoms with E-state index in [-0.39, 0.29) is 17.4 Å². The second-order valence-electron chi connectivity index (χ2n) is 3.43. The average Bonchev–Trinajstić information content (AvgIpc) is 2.03. The van der Waals surface area contributed by atoms with Gasteiger partial charge in [-0.1, -0.05) is 13.8 Å². The molecule has 0 aromatic carbocycles. The molecular formula is C10H14FNO. The number of halogens is 1. The first-order chi connectivity index (χ1) is 6.04. The molecule has 0 saturated carbocycles. The molecule has 1 rings (SSSR count). The van der Waals surface area contributed by atoms with Crippen molar-refractivity contribution in [2.45, 2.75) is 32.8 Å². The fourth-order valence-electron chi connectivity index (χ4n) is 1.21. The summed E-state index contributed by atoms with van der Waals surface area (Å²) in [6.07, 6.45) is 0.680. The molecule has 0 fully saturated rings. The minimum absolute atomic E-state index is 0.112. The van der Waals surface area contributed by atoms with Gasteiger partial charge in [0.15, 0.2) is 5.82 Å². The molecule has 0 radical (unpaired) electrons. The van der Waals surface area contributed by atoms with Gasteiger partial charge >= 0.3 is 0 Å². The predicted molar refractivity (Wildman–Crippen MR) is 48.9 cm³/mol. The highest BCUT2D eigenvalue weighted by atomic mass is 19.1. The largest absolute Gasteiger partial charge is 0.387 e. The Labute approximate surface area is 77.4 Å². The minimum Gasteiger partial charge on any atom is -0.387 e. The number of aromatic nitrogens is 1. The molecule has 1 aromatic heterocycles. The Bertz CT molecular complexity index is 271. The summed E-state index contributed by atoms with van der Waals surface area (Å²) >= 11 is 0. The Morgan fingerprint density at radius 2 is 2.00 bits per heavy atom. The Hall–Kier alpha value is -0.960. The van der Waals surface area contributed by atoms with Gasteiger partial charge in [-0.15, -0.1) is 0 Å². The summed E-state index contributed by atoms with van der Waals surface area (Å²) in [6.45, 7) is 5.32. The highest BCUT2D eigenvalue weighted by Gasteiger charge is 2.14. The zero-order valence-electron chi connectivity index (χ0n) is 8.08. The van der Waals surface area contributed by atoms with Crippen molar-refractivity contribution in [3.05, 3.63) is 29.3 Å². The monoisotopic (exact) mass is 183 g/mol. The quantitative estimate of drug-likeness (QED) is 0.763. The number of aliphatic hydroxyl groups excluding tert-OH is 1. The molecule has 0 aliphatic rings. The summed E-state index contributed by atoms with van der Waals surface area (Å²) in [4.78, 5) is 3.80. The van der Waals surface area contributed by atoms with Crippen LogP contribution in [-0.2, 0) is 0 Å². The summed E-state index contributed by atoms with van der Waals surface area (Å²) in [6, 6.07) is 1.64. The van der Waals surface area contributed by atoms with Crippen LogP contribution in [0.5, 0.6) is 0 Å². The molecule has 1 unspecified atom stereocenters. The number of aliphatic hydroxyl groups is 1. The van der Waals surface area contributed by atoms with E-state index in [9.17, 15) is 9.50 Å². The van der Waals surface area contributed by atoms with Crippen LogP contribution in [0.1, 0.15) is 44.1 Å². The van der Waals surface area contributed by atoms with Crippen molar-refractivity contribution in [1.82, 2.24) is 4.98 Å². The van der Waals surface area contributed by atoms with Crippen molar-refractivity contribution in [3.63, 3.8) is 0 Å². The zero-order valence-corrected chi connectivity index (χ0v) is 8.08. The molecule has 1 aromatic rings. The van der Waals surface area contributed by atoms with Gasteiger partial charge in [-0.25, -0.2) is 4.39 Å². The molecule has 0 amide bonds. The van der Waals surface area contributed by atoms with Crippen molar-refractivity contribution in [3.8, 4) is 0 Å². The van der Waals surface area contributed by atoms with Crippen molar-refractivity contribution >= 4 is 0 Å². The fraction of sp³-hybridized carbons (Fsp3) is 0.500. The van der Waals surface area contributed by atoms with E-state index in [1.165, 1.54) is 13.1 Å². The summed E-state index contributed by atoms with van der Waals surface area (Å²) in [5, 5.41) is 9.21. The standard InChI is InChI=1S/C10H14FNO/c1-6(2)8-4-5-12-10(7(3)13)9(8)11/h4-7,13H,1-3H3. The van der Waals surface area contributed by atoms with Crippen LogP contribution in [0.15, 0.2) is 12.3 Å². The highest BCUT2D eigenvalue weighted by Crippen LogP contribution is 2.22. The third kappa shape index (κ3) is 2.04. The van der Waals surface area contributed by atoms with Gasteiger partial charge < -0.3 is 5.11 Å². The molecule has 0 aliphatic heterocycles. The lowest BCUT2D eigenvalue weighted by molar-refractivity contribution is 0.188. The minimum atomic E-state index is -0.848. The Kier molecular flexibility index (Phi) is 2.98. The van der Waals surface area contributed by atoms with Gasteiger partial charge in [-0.2, -0.15) is 0 Å². The molecule has 1 N–H and O–H groups in total. The Balaban J connectivity index is 3.18. The van der Waals surface area contributed by atoms with Gasteiger partial charge in [0, 0.05) is 6.20 Å². The lowest BCUT2D eigenvalue weighted by Gasteiger charge is -2.11. The molecule has 0 spiro atoms. The third-order valence-electron chi connectivity index (χ3n) is 1.96. The van der Waals surface area contributed by atoms with Gasteiger partial charge in [0.1, 0.15) is 5.69 Å². The van der Waals surface area contributed by atoms with Gasteiger partial charge in [-0.05, 0) is 24.5 Å². The van der Waals surface area contributed by atoms with E-state index >= 15 is 0 Å². The van der Waals surface area contributed by atoms with Crippen LogP contribution in [0.4, 0.5) is 4.39 Å². The van der Waals surface area contributed by atoms with Crippen LogP contribution in [0.3, 0.4) is 0 Å². The van der Waals surface area contributed by atoms with E-state index in [0.717, 1.165) is 0 Å². The number of hydrogen-bond donors (Lipinski definition) is 1. The second kappa shape index (κ2) is 3.83. The molecule has 3 heteroatoms. The number of hydrogen-bond acceptors (Lipinski definition) is 2. The van der Waals surface area contributed by atoms with Gasteiger partial charge in [0.05, 0.1) is 6.10 Å². The third-order valence-corrected chi connectivity index (χ3v) is 1.96. The topological polar surface area (TPSA) is 33.1 Å². The molecule has 2 nitrogen and oxygen atoms in total. The molecule has 1 atom stereocenters. The van der Waals surface area contributed by atoms with E-state index in [4.69, 9.17) is 0 Å². The molecule has 0 aliphatic carbocycles. The molecule has 72 valence electrons. The smallest absolute Gasteiger partial charge is 0.150 e. The first kappa shape index (κ1) is 10.1. The van der Waals surface area contributed by atoms with Crippen LogP contribution in [-0.4, -0.2) is 10.1 Å². The maximum atomic E-state index is 13.6. The lowest BCUT2D eigenvalue weighted by Crippen LogP contribution is -2.04. The SMILES string of the molecule is CC(C)c1ccnc(C(C)O)c1F. The van der Waals surface area contributed by atoms with Crippen molar-refractivity contribution in [2.75, 3.05) is 0 Å². The van der Waals surface area contributed by atoms with Crippen LogP contribution in [0.25, 0.3) is 0 Å². The van der Waals surface area contributed by atoms with Crippen molar-refractivity contribution in [1.29, 1.82) is 0 Å². The summed E-state index contributed by atoms with van der Waals surface area (Å²) in [7, 11) is 0. The first-order valence-corrected chi connectivity index (χ1v) is 4.36. The van der Waals surface area contributed by atoms with E-state index in [2.05, 4.69) is 4.98 Å². The molecule has 1 heterocycles. The lowest BCUT2D eigenvalue weighted by atomic mass is 10.0. The predicted octanol–water partition coefficient (Wildman–Crippen LogP) is 2.40. The van der Waals surface area contributed by atoms with E-state index in [0.29, 0.717) is 5.56 Å². The van der Waals surface area contributed by atoms with Crippen LogP contribution < -0.4 is 0 Å². The maximum absolute atomic E-state index is 13.6. The fourth-order valence-corrected chi connectivity index (χ4v) is 1.21. The molecule has 0 saturated heterocycles. The summed E-state index contributed by atoms with van der Waals surface area (Å²) in [5.41, 5.74) is 0.733. The summed E-state index contributed by atoms with van der Waals surface area (Å²) in [5.74, 6) is -0.270. The number of pyridine rings is 1. The first-order valence-electron chi connectivity index (χ1n) is 4.36. The molecule has 0 bridgehead atoms. The Morgan fingerprint density at radius 3 is 2.46 bits per heavy atom. The number of rotatable bonds is 2. The zero-order chi connectivity index (χ0) is 10.0. The van der Waals surface area contributed by atoms with Gasteiger partial charge in [-0.3, -0.25) is 4.98 Å². The van der Waals surface area contributed by atoms with Crippen molar-refractivity contribution < 1.29 is 9.50 Å². The highest BCUT2D eigenvalue weighted by molar-refractivity contribution is 5.23. The van der Waals surface area contributed by atoms with Gasteiger partial charge in [0.2, 0.25) is 0 Å². The van der Waals surface area contributed by atoms with E-state index in [1.54, 1.807) is 6.07 Å². The van der Waals surface area contributed by atoms with Crippen LogP contribution in [0.2, 0.25) is 0 Å². The van der Waals surface area contributed by atoms with E-state index in [1.807, 2.05) is 13.8 Å². The molecule has 13 heavy (non-hydrogen) atoms. The van der Waals surface area contributed by atoms with Gasteiger partial charge in [0.25, 0.3) is 0 Å².